The summed E-state index contributed by atoms with van der Waals surface area (Å²) in [5, 5.41) is 9.37. The van der Waals surface area contributed by atoms with Gasteiger partial charge in [-0.3, -0.25) is 0 Å². The van der Waals surface area contributed by atoms with Crippen LogP contribution in [-0.4, -0.2) is 24.3 Å². The number of ether oxygens (including phenoxy) is 2. The maximum absolute atomic E-state index is 9.37. The maximum atomic E-state index is 9.37. The van der Waals surface area contributed by atoms with E-state index < -0.39 is 5.97 Å². The van der Waals surface area contributed by atoms with Gasteiger partial charge in [-0.15, -0.1) is 0 Å². The van der Waals surface area contributed by atoms with Crippen molar-refractivity contribution in [3.8, 4) is 0 Å². The minimum absolute atomic E-state index is 0.459. The zero-order valence-electron chi connectivity index (χ0n) is 8.30. The van der Waals surface area contributed by atoms with Gasteiger partial charge in [-0.1, -0.05) is 19.8 Å². The molecule has 0 saturated heterocycles. The highest BCUT2D eigenvalue weighted by molar-refractivity contribution is 4.43. The highest BCUT2D eigenvalue weighted by atomic mass is 16.8. The van der Waals surface area contributed by atoms with Crippen LogP contribution in [-0.2, 0) is 9.47 Å². The Morgan fingerprint density at radius 3 is 2.33 bits per heavy atom. The van der Waals surface area contributed by atoms with Crippen molar-refractivity contribution in [1.82, 2.24) is 0 Å². The molecule has 3 nitrogen and oxygen atoms in total. The molecule has 0 amide bonds. The topological polar surface area (TPSA) is 38.7 Å². The lowest BCUT2D eigenvalue weighted by atomic mass is 10.3. The zero-order chi connectivity index (χ0) is 9.45. The minimum atomic E-state index is -1.40. The normalized spacial score (nSPS) is 16.0. The van der Waals surface area contributed by atoms with Crippen molar-refractivity contribution in [2.24, 2.45) is 0 Å². The van der Waals surface area contributed by atoms with Gasteiger partial charge in [-0.25, -0.2) is 0 Å². The fraction of sp³-hybridized carbons (Fsp3) is 1.00. The van der Waals surface area contributed by atoms with Crippen LogP contribution in [0.4, 0.5) is 0 Å². The van der Waals surface area contributed by atoms with E-state index in [1.54, 1.807) is 0 Å². The molecule has 1 atom stereocenters. The summed E-state index contributed by atoms with van der Waals surface area (Å²) >= 11 is 0. The van der Waals surface area contributed by atoms with Crippen LogP contribution in [0.25, 0.3) is 0 Å². The summed E-state index contributed by atoms with van der Waals surface area (Å²) in [6, 6.07) is 0. The number of hydrogen-bond acceptors (Lipinski definition) is 3. The van der Waals surface area contributed by atoms with Crippen molar-refractivity contribution in [3.63, 3.8) is 0 Å². The van der Waals surface area contributed by atoms with E-state index in [1.807, 2.05) is 6.92 Å². The van der Waals surface area contributed by atoms with Gasteiger partial charge in [-0.05, 0) is 13.3 Å². The number of hydrogen-bond donors (Lipinski definition) is 1. The van der Waals surface area contributed by atoms with E-state index in [4.69, 9.17) is 9.47 Å². The highest BCUT2D eigenvalue weighted by Gasteiger charge is 2.19. The summed E-state index contributed by atoms with van der Waals surface area (Å²) < 4.78 is 10.0. The van der Waals surface area contributed by atoms with Crippen LogP contribution in [0.5, 0.6) is 0 Å². The molecule has 0 heterocycles. The maximum Gasteiger partial charge on any atom is 0.277 e. The average molecular weight is 176 g/mol. The molecule has 74 valence electrons. The first kappa shape index (κ1) is 11.9. The number of unbranched alkanes of at least 4 members (excludes halogenated alkanes) is 2. The Hall–Kier alpha value is -0.120. The Bertz CT molecular complexity index is 102. The van der Waals surface area contributed by atoms with Crippen molar-refractivity contribution in [3.05, 3.63) is 0 Å². The van der Waals surface area contributed by atoms with Crippen molar-refractivity contribution >= 4 is 0 Å². The molecule has 0 rings (SSSR count). The van der Waals surface area contributed by atoms with E-state index in [-0.39, 0.29) is 0 Å². The molecule has 0 aliphatic carbocycles. The van der Waals surface area contributed by atoms with Crippen LogP contribution in [0.3, 0.4) is 0 Å². The largest absolute Gasteiger partial charge is 0.344 e. The molecule has 0 bridgehead atoms. The second-order valence-corrected chi connectivity index (χ2v) is 2.89. The lowest BCUT2D eigenvalue weighted by Gasteiger charge is -2.22. The summed E-state index contributed by atoms with van der Waals surface area (Å²) in [4.78, 5) is 0. The molecule has 0 spiro atoms. The summed E-state index contributed by atoms with van der Waals surface area (Å²) in [6.07, 6.45) is 3.25. The van der Waals surface area contributed by atoms with Crippen LogP contribution in [0, 0.1) is 0 Å². The predicted molar refractivity (Wildman–Crippen MR) is 47.7 cm³/mol. The Kier molecular flexibility index (Phi) is 6.34. The summed E-state index contributed by atoms with van der Waals surface area (Å²) in [5.41, 5.74) is 0. The molecule has 1 N–H and O–H groups in total. The zero-order valence-corrected chi connectivity index (χ0v) is 8.30. The minimum Gasteiger partial charge on any atom is -0.344 e. The van der Waals surface area contributed by atoms with Crippen molar-refractivity contribution in [2.45, 2.75) is 46.0 Å². The van der Waals surface area contributed by atoms with Crippen molar-refractivity contribution in [2.75, 3.05) is 13.2 Å². The monoisotopic (exact) mass is 176 g/mol. The molecule has 0 radical (unpaired) electrons. The van der Waals surface area contributed by atoms with Crippen LogP contribution >= 0.6 is 0 Å². The fourth-order valence-electron chi connectivity index (χ4n) is 0.923. The third kappa shape index (κ3) is 6.58. The average Bonchev–Trinajstić information content (AvgIpc) is 1.98. The second-order valence-electron chi connectivity index (χ2n) is 2.89. The quantitative estimate of drug-likeness (QED) is 0.475. The second kappa shape index (κ2) is 6.40. The third-order valence-corrected chi connectivity index (χ3v) is 1.53. The van der Waals surface area contributed by atoms with Crippen LogP contribution in [0.15, 0.2) is 0 Å². The molecule has 0 aromatic rings. The third-order valence-electron chi connectivity index (χ3n) is 1.53. The molecular formula is C9H20O3. The number of aliphatic hydroxyl groups is 1. The molecule has 0 aliphatic heterocycles. The van der Waals surface area contributed by atoms with Gasteiger partial charge < -0.3 is 14.6 Å². The molecular weight excluding hydrogens is 156 g/mol. The Morgan fingerprint density at radius 2 is 1.83 bits per heavy atom. The lowest BCUT2D eigenvalue weighted by Crippen LogP contribution is -2.32. The molecule has 0 aliphatic rings. The van der Waals surface area contributed by atoms with Crippen LogP contribution in [0.2, 0.25) is 0 Å². The Morgan fingerprint density at radius 1 is 1.17 bits per heavy atom. The molecule has 0 saturated carbocycles. The van der Waals surface area contributed by atoms with Gasteiger partial charge >= 0.3 is 0 Å². The number of rotatable bonds is 7. The van der Waals surface area contributed by atoms with Gasteiger partial charge in [0.2, 0.25) is 0 Å². The lowest BCUT2D eigenvalue weighted by molar-refractivity contribution is -0.347. The molecule has 12 heavy (non-hydrogen) atoms. The molecule has 1 unspecified atom stereocenters. The smallest absolute Gasteiger partial charge is 0.277 e. The van der Waals surface area contributed by atoms with Crippen LogP contribution < -0.4 is 0 Å². The van der Waals surface area contributed by atoms with E-state index in [0.29, 0.717) is 13.2 Å². The van der Waals surface area contributed by atoms with Crippen molar-refractivity contribution < 1.29 is 14.6 Å². The molecule has 0 fully saturated rings. The molecule has 0 aromatic carbocycles. The first-order valence-corrected chi connectivity index (χ1v) is 4.62. The van der Waals surface area contributed by atoms with Gasteiger partial charge in [0.15, 0.2) is 0 Å². The van der Waals surface area contributed by atoms with Crippen molar-refractivity contribution in [1.29, 1.82) is 0 Å². The Balaban J connectivity index is 3.33. The predicted octanol–water partition coefficient (Wildman–Crippen LogP) is 1.90. The van der Waals surface area contributed by atoms with Gasteiger partial charge in [0.25, 0.3) is 5.97 Å². The van der Waals surface area contributed by atoms with E-state index in [2.05, 4.69) is 6.92 Å². The van der Waals surface area contributed by atoms with E-state index in [1.165, 1.54) is 6.92 Å². The SMILES string of the molecule is CCCCCOC(C)(O)OCC. The van der Waals surface area contributed by atoms with Gasteiger partial charge in [-0.2, -0.15) is 0 Å². The van der Waals surface area contributed by atoms with E-state index in [0.717, 1.165) is 19.3 Å². The van der Waals surface area contributed by atoms with E-state index >= 15 is 0 Å². The Labute approximate surface area is 74.7 Å². The van der Waals surface area contributed by atoms with Gasteiger partial charge in [0.05, 0.1) is 6.61 Å². The summed E-state index contributed by atoms with van der Waals surface area (Å²) in [5.74, 6) is -1.40. The first-order chi connectivity index (χ1) is 5.62. The molecule has 0 aromatic heterocycles. The highest BCUT2D eigenvalue weighted by Crippen LogP contribution is 2.08. The summed E-state index contributed by atoms with van der Waals surface area (Å²) in [6.45, 7) is 6.48. The van der Waals surface area contributed by atoms with Crippen LogP contribution in [0.1, 0.15) is 40.0 Å². The van der Waals surface area contributed by atoms with Gasteiger partial charge in [0, 0.05) is 13.5 Å². The van der Waals surface area contributed by atoms with Gasteiger partial charge in [0.1, 0.15) is 0 Å². The molecule has 3 heteroatoms. The standard InChI is InChI=1S/C9H20O3/c1-4-6-7-8-12-9(3,10)11-5-2/h10H,4-8H2,1-3H3. The summed E-state index contributed by atoms with van der Waals surface area (Å²) in [7, 11) is 0. The fourth-order valence-corrected chi connectivity index (χ4v) is 0.923. The van der Waals surface area contributed by atoms with E-state index in [9.17, 15) is 5.11 Å². The first-order valence-electron chi connectivity index (χ1n) is 4.62.